The van der Waals surface area contributed by atoms with E-state index in [-0.39, 0.29) is 0 Å². The maximum atomic E-state index is 8.85. The lowest BCUT2D eigenvalue weighted by Gasteiger charge is -2.33. The maximum absolute atomic E-state index is 8.85. The van der Waals surface area contributed by atoms with Crippen molar-refractivity contribution in [1.82, 2.24) is 4.98 Å². The van der Waals surface area contributed by atoms with E-state index in [4.69, 9.17) is 10.2 Å². The van der Waals surface area contributed by atoms with Gasteiger partial charge in [0.2, 0.25) is 0 Å². The van der Waals surface area contributed by atoms with Crippen molar-refractivity contribution < 1.29 is 0 Å². The summed E-state index contributed by atoms with van der Waals surface area (Å²) in [5.41, 5.74) is 3.35. The Hall–Kier alpha value is -1.66. The van der Waals surface area contributed by atoms with Crippen LogP contribution in [0.15, 0.2) is 29.6 Å². The minimum absolute atomic E-state index is 0.504. The molecule has 1 saturated carbocycles. The summed E-state index contributed by atoms with van der Waals surface area (Å²) >= 11 is 1.78. The highest BCUT2D eigenvalue weighted by Gasteiger charge is 2.29. The van der Waals surface area contributed by atoms with E-state index in [0.29, 0.717) is 16.9 Å². The highest BCUT2D eigenvalue weighted by Crippen LogP contribution is 2.43. The number of benzene rings is 1. The van der Waals surface area contributed by atoms with Crippen molar-refractivity contribution in [3.63, 3.8) is 0 Å². The summed E-state index contributed by atoms with van der Waals surface area (Å²) in [7, 11) is 0. The molecule has 3 heteroatoms. The standard InChI is InChI=1S/C18H20N2S/c1-18(2)9-7-15(8-10-18)17-20-16(12-21-17)14-5-3-13(11-19)4-6-14/h3-6,12,15H,7-10H2,1-2H3. The topological polar surface area (TPSA) is 36.7 Å². The Bertz CT molecular complexity index is 651. The third kappa shape index (κ3) is 3.16. The Labute approximate surface area is 130 Å². The zero-order valence-electron chi connectivity index (χ0n) is 12.6. The van der Waals surface area contributed by atoms with Crippen LogP contribution < -0.4 is 0 Å². The fraction of sp³-hybridized carbons (Fsp3) is 0.444. The van der Waals surface area contributed by atoms with Crippen molar-refractivity contribution in [2.45, 2.75) is 45.4 Å². The van der Waals surface area contributed by atoms with Crippen LogP contribution in [-0.4, -0.2) is 4.98 Å². The van der Waals surface area contributed by atoms with Gasteiger partial charge in [0, 0.05) is 16.9 Å². The minimum Gasteiger partial charge on any atom is -0.241 e. The lowest BCUT2D eigenvalue weighted by atomic mass is 9.73. The van der Waals surface area contributed by atoms with Gasteiger partial charge in [-0.2, -0.15) is 5.26 Å². The quantitative estimate of drug-likeness (QED) is 0.747. The van der Waals surface area contributed by atoms with Crippen LogP contribution in [0.25, 0.3) is 11.3 Å². The Morgan fingerprint density at radius 1 is 1.19 bits per heavy atom. The molecule has 1 aliphatic rings. The Balaban J connectivity index is 1.76. The molecule has 0 unspecified atom stereocenters. The monoisotopic (exact) mass is 296 g/mol. The van der Waals surface area contributed by atoms with E-state index in [1.165, 1.54) is 30.7 Å². The third-order valence-electron chi connectivity index (χ3n) is 4.52. The Morgan fingerprint density at radius 2 is 1.86 bits per heavy atom. The van der Waals surface area contributed by atoms with E-state index in [9.17, 15) is 0 Å². The van der Waals surface area contributed by atoms with Crippen molar-refractivity contribution in [2.24, 2.45) is 5.41 Å². The van der Waals surface area contributed by atoms with Gasteiger partial charge in [-0.1, -0.05) is 26.0 Å². The van der Waals surface area contributed by atoms with E-state index < -0.39 is 0 Å². The number of thiazole rings is 1. The molecule has 2 aromatic rings. The van der Waals surface area contributed by atoms with E-state index in [1.54, 1.807) is 11.3 Å². The van der Waals surface area contributed by atoms with Crippen molar-refractivity contribution in [3.8, 4) is 17.3 Å². The van der Waals surface area contributed by atoms with E-state index in [0.717, 1.165) is 11.3 Å². The second kappa shape index (κ2) is 5.61. The second-order valence-electron chi connectivity index (χ2n) is 6.70. The van der Waals surface area contributed by atoms with Crippen LogP contribution >= 0.6 is 11.3 Å². The van der Waals surface area contributed by atoms with Crippen LogP contribution in [0.4, 0.5) is 0 Å². The van der Waals surface area contributed by atoms with Crippen molar-refractivity contribution in [3.05, 3.63) is 40.2 Å². The highest BCUT2D eigenvalue weighted by atomic mass is 32.1. The summed E-state index contributed by atoms with van der Waals surface area (Å²) in [6.45, 7) is 4.74. The largest absolute Gasteiger partial charge is 0.241 e. The maximum Gasteiger partial charge on any atom is 0.0991 e. The normalized spacial score (nSPS) is 18.3. The van der Waals surface area contributed by atoms with Gasteiger partial charge in [0.05, 0.1) is 22.3 Å². The van der Waals surface area contributed by atoms with Gasteiger partial charge in [0.1, 0.15) is 0 Å². The molecule has 0 saturated heterocycles. The molecule has 0 radical (unpaired) electrons. The van der Waals surface area contributed by atoms with E-state index in [1.807, 2.05) is 24.3 Å². The van der Waals surface area contributed by atoms with Crippen LogP contribution in [0.3, 0.4) is 0 Å². The molecule has 3 rings (SSSR count). The zero-order valence-corrected chi connectivity index (χ0v) is 13.4. The van der Waals surface area contributed by atoms with Gasteiger partial charge in [0.25, 0.3) is 0 Å². The second-order valence-corrected chi connectivity index (χ2v) is 7.59. The zero-order chi connectivity index (χ0) is 14.9. The molecule has 2 nitrogen and oxygen atoms in total. The van der Waals surface area contributed by atoms with Gasteiger partial charge in [0.15, 0.2) is 0 Å². The van der Waals surface area contributed by atoms with Crippen LogP contribution in [-0.2, 0) is 0 Å². The SMILES string of the molecule is CC1(C)CCC(c2nc(-c3ccc(C#N)cc3)cs2)CC1. The number of rotatable bonds is 2. The molecule has 0 spiro atoms. The van der Waals surface area contributed by atoms with E-state index in [2.05, 4.69) is 25.3 Å². The molecule has 0 atom stereocenters. The summed E-state index contributed by atoms with van der Waals surface area (Å²) in [5, 5.41) is 12.3. The molecule has 0 aliphatic heterocycles. The molecule has 1 heterocycles. The molecule has 1 aromatic heterocycles. The predicted molar refractivity (Wildman–Crippen MR) is 87.3 cm³/mol. The molecule has 1 fully saturated rings. The molecule has 0 amide bonds. The average molecular weight is 296 g/mol. The molecule has 1 aromatic carbocycles. The molecular weight excluding hydrogens is 276 g/mol. The lowest BCUT2D eigenvalue weighted by molar-refractivity contribution is 0.224. The van der Waals surface area contributed by atoms with E-state index >= 15 is 0 Å². The van der Waals surface area contributed by atoms with Gasteiger partial charge >= 0.3 is 0 Å². The summed E-state index contributed by atoms with van der Waals surface area (Å²) in [5.74, 6) is 0.634. The number of hydrogen-bond donors (Lipinski definition) is 0. The Morgan fingerprint density at radius 3 is 2.48 bits per heavy atom. The van der Waals surface area contributed by atoms with Gasteiger partial charge in [-0.3, -0.25) is 0 Å². The molecule has 1 aliphatic carbocycles. The van der Waals surface area contributed by atoms with Gasteiger partial charge < -0.3 is 0 Å². The molecule has 0 N–H and O–H groups in total. The van der Waals surface area contributed by atoms with Crippen LogP contribution in [0.1, 0.15) is 56.0 Å². The number of aromatic nitrogens is 1. The smallest absolute Gasteiger partial charge is 0.0991 e. The Kier molecular flexibility index (Phi) is 3.82. The van der Waals surface area contributed by atoms with Gasteiger partial charge in [-0.15, -0.1) is 11.3 Å². The van der Waals surface area contributed by atoms with Crippen molar-refractivity contribution in [1.29, 1.82) is 5.26 Å². The third-order valence-corrected chi connectivity index (χ3v) is 5.53. The minimum atomic E-state index is 0.504. The van der Waals surface area contributed by atoms with Crippen molar-refractivity contribution >= 4 is 11.3 Å². The fourth-order valence-corrected chi connectivity index (χ4v) is 3.97. The molecular formula is C18H20N2S. The first kappa shape index (κ1) is 14.3. The first-order valence-electron chi connectivity index (χ1n) is 7.53. The van der Waals surface area contributed by atoms with Crippen LogP contribution in [0.5, 0.6) is 0 Å². The van der Waals surface area contributed by atoms with Crippen molar-refractivity contribution in [2.75, 3.05) is 0 Å². The fourth-order valence-electron chi connectivity index (χ4n) is 2.97. The average Bonchev–Trinajstić information content (AvgIpc) is 2.97. The van der Waals surface area contributed by atoms with Gasteiger partial charge in [-0.05, 0) is 43.2 Å². The summed E-state index contributed by atoms with van der Waals surface area (Å²) in [6, 6.07) is 9.84. The van der Waals surface area contributed by atoms with Crippen LogP contribution in [0, 0.1) is 16.7 Å². The number of nitrogens with zero attached hydrogens (tertiary/aromatic N) is 2. The molecule has 108 valence electrons. The number of hydrogen-bond acceptors (Lipinski definition) is 3. The first-order chi connectivity index (χ1) is 10.1. The van der Waals surface area contributed by atoms with Crippen LogP contribution in [0.2, 0.25) is 0 Å². The van der Waals surface area contributed by atoms with Gasteiger partial charge in [-0.25, -0.2) is 4.98 Å². The molecule has 21 heavy (non-hydrogen) atoms. The molecule has 0 bridgehead atoms. The first-order valence-corrected chi connectivity index (χ1v) is 8.41. The number of nitriles is 1. The summed E-state index contributed by atoms with van der Waals surface area (Å²) < 4.78 is 0. The highest BCUT2D eigenvalue weighted by molar-refractivity contribution is 7.10. The summed E-state index contributed by atoms with van der Waals surface area (Å²) in [6.07, 6.45) is 5.10. The predicted octanol–water partition coefficient (Wildman–Crippen LogP) is 5.37. The lowest BCUT2D eigenvalue weighted by Crippen LogP contribution is -2.20. The summed E-state index contributed by atoms with van der Waals surface area (Å²) in [4.78, 5) is 4.84.